The Morgan fingerprint density at radius 1 is 1.54 bits per heavy atom. The minimum absolute atomic E-state index is 0.192. The Hall–Kier alpha value is -1.39. The summed E-state index contributed by atoms with van der Waals surface area (Å²) in [6.07, 6.45) is 5.67. The number of nitrogens with one attached hydrogen (secondary N) is 2. The molecule has 3 N–H and O–H groups in total. The Balaban J connectivity index is 2.63. The molecule has 0 bridgehead atoms. The lowest BCUT2D eigenvalue weighted by atomic mass is 10.2. The van der Waals surface area contributed by atoms with E-state index in [0.29, 0.717) is 0 Å². The monoisotopic (exact) mass is 179 g/mol. The Morgan fingerprint density at radius 2 is 2.31 bits per heavy atom. The maximum absolute atomic E-state index is 9.24. The smallest absolute Gasteiger partial charge is 0.127 e. The van der Waals surface area contributed by atoms with Gasteiger partial charge in [-0.05, 0) is 6.08 Å². The number of hydrogen-bond acceptors (Lipinski definition) is 3. The summed E-state index contributed by atoms with van der Waals surface area (Å²) < 4.78 is 0. The lowest BCUT2D eigenvalue weighted by molar-refractivity contribution is 0.174. The first-order chi connectivity index (χ1) is 6.27. The van der Waals surface area contributed by atoms with E-state index in [0.717, 1.165) is 5.82 Å². The molecule has 1 rings (SSSR count). The predicted molar refractivity (Wildman–Crippen MR) is 50.9 cm³/mol. The van der Waals surface area contributed by atoms with Crippen LogP contribution >= 0.6 is 0 Å². The first-order valence-corrected chi connectivity index (χ1v) is 3.96. The van der Waals surface area contributed by atoms with Crippen molar-refractivity contribution in [3.8, 4) is 0 Å². The van der Waals surface area contributed by atoms with Gasteiger partial charge in [0.05, 0.1) is 6.04 Å². The molecule has 1 aromatic rings. The number of aliphatic hydroxyl groups is 1. The third-order valence-electron chi connectivity index (χ3n) is 1.62. The van der Waals surface area contributed by atoms with Gasteiger partial charge in [-0.25, -0.2) is 4.98 Å². The van der Waals surface area contributed by atoms with Crippen LogP contribution in [0.4, 0.5) is 0 Å². The molecule has 1 heterocycles. The van der Waals surface area contributed by atoms with Crippen LogP contribution in [0, 0.1) is 0 Å². The van der Waals surface area contributed by atoms with Gasteiger partial charge in [0.2, 0.25) is 0 Å². The molecule has 2 atom stereocenters. The number of H-pyrrole nitrogens is 1. The Bertz CT molecular complexity index is 268. The number of imidazole rings is 1. The van der Waals surface area contributed by atoms with Crippen LogP contribution in [0.25, 0.3) is 0 Å². The van der Waals surface area contributed by atoms with Gasteiger partial charge in [0.25, 0.3) is 0 Å². The summed E-state index contributed by atoms with van der Waals surface area (Å²) in [4.78, 5) is 6.97. The van der Waals surface area contributed by atoms with Gasteiger partial charge < -0.3 is 10.1 Å². The number of rotatable bonds is 5. The molecule has 0 saturated heterocycles. The molecule has 4 nitrogen and oxygen atoms in total. The van der Waals surface area contributed by atoms with Crippen LogP contribution in [0.5, 0.6) is 0 Å². The van der Waals surface area contributed by atoms with Gasteiger partial charge in [-0.3, -0.25) is 5.32 Å². The first-order valence-electron chi connectivity index (χ1n) is 3.96. The number of hydrogen-bond donors (Lipinski definition) is 3. The molecule has 1 aromatic heterocycles. The normalized spacial score (nSPS) is 14.8. The molecule has 70 valence electrons. The molecule has 2 unspecified atom stereocenters. The van der Waals surface area contributed by atoms with E-state index >= 15 is 0 Å². The SMILES string of the molecule is C=CC(O)NC(C=C)c1ncc[nH]1. The quantitative estimate of drug-likeness (QED) is 0.461. The van der Waals surface area contributed by atoms with Crippen molar-refractivity contribution >= 4 is 0 Å². The molecule has 0 aliphatic rings. The summed E-state index contributed by atoms with van der Waals surface area (Å²) in [5, 5.41) is 12.1. The van der Waals surface area contributed by atoms with E-state index in [1.54, 1.807) is 18.5 Å². The third kappa shape index (κ3) is 2.54. The minimum atomic E-state index is -0.756. The number of nitrogens with zero attached hydrogens (tertiary/aromatic N) is 1. The van der Waals surface area contributed by atoms with Crippen LogP contribution < -0.4 is 5.32 Å². The van der Waals surface area contributed by atoms with Crippen molar-refractivity contribution in [3.05, 3.63) is 43.5 Å². The summed E-state index contributed by atoms with van der Waals surface area (Å²) in [6.45, 7) is 7.09. The average molecular weight is 179 g/mol. The fourth-order valence-corrected chi connectivity index (χ4v) is 0.958. The highest BCUT2D eigenvalue weighted by Crippen LogP contribution is 2.08. The molecule has 0 aliphatic heterocycles. The lowest BCUT2D eigenvalue weighted by Gasteiger charge is -2.14. The van der Waals surface area contributed by atoms with Crippen molar-refractivity contribution in [1.82, 2.24) is 15.3 Å². The van der Waals surface area contributed by atoms with Gasteiger partial charge in [-0.2, -0.15) is 0 Å². The fraction of sp³-hybridized carbons (Fsp3) is 0.222. The van der Waals surface area contributed by atoms with Gasteiger partial charge in [0.1, 0.15) is 12.1 Å². The van der Waals surface area contributed by atoms with Crippen molar-refractivity contribution in [2.75, 3.05) is 0 Å². The van der Waals surface area contributed by atoms with Crippen LogP contribution in [0.1, 0.15) is 11.9 Å². The van der Waals surface area contributed by atoms with Crippen molar-refractivity contribution < 1.29 is 5.11 Å². The maximum Gasteiger partial charge on any atom is 0.127 e. The van der Waals surface area contributed by atoms with Crippen molar-refractivity contribution in [2.45, 2.75) is 12.3 Å². The summed E-state index contributed by atoms with van der Waals surface area (Å²) in [6, 6.07) is -0.192. The summed E-state index contributed by atoms with van der Waals surface area (Å²) in [7, 11) is 0. The van der Waals surface area contributed by atoms with Crippen molar-refractivity contribution in [2.24, 2.45) is 0 Å². The molecule has 0 fully saturated rings. The topological polar surface area (TPSA) is 60.9 Å². The average Bonchev–Trinajstić information content (AvgIpc) is 2.66. The zero-order chi connectivity index (χ0) is 9.68. The molecule has 0 saturated carbocycles. The van der Waals surface area contributed by atoms with E-state index in [1.807, 2.05) is 0 Å². The van der Waals surface area contributed by atoms with Crippen molar-refractivity contribution in [1.29, 1.82) is 0 Å². The molecule has 0 aliphatic carbocycles. The number of aromatic amines is 1. The molecule has 4 heteroatoms. The van der Waals surface area contributed by atoms with Crippen molar-refractivity contribution in [3.63, 3.8) is 0 Å². The Labute approximate surface area is 77.0 Å². The van der Waals surface area contributed by atoms with Gasteiger partial charge in [0.15, 0.2) is 0 Å². The highest BCUT2D eigenvalue weighted by molar-refractivity contribution is 5.04. The lowest BCUT2D eigenvalue weighted by Crippen LogP contribution is -2.30. The third-order valence-corrected chi connectivity index (χ3v) is 1.62. The second-order valence-electron chi connectivity index (χ2n) is 2.53. The predicted octanol–water partition coefficient (Wildman–Crippen LogP) is 0.731. The minimum Gasteiger partial charge on any atom is -0.375 e. The second-order valence-corrected chi connectivity index (χ2v) is 2.53. The number of aliphatic hydroxyl groups excluding tert-OH is 1. The number of aromatic nitrogens is 2. The molecule has 0 spiro atoms. The highest BCUT2D eigenvalue weighted by atomic mass is 16.3. The van der Waals surface area contributed by atoms with Crippen LogP contribution in [0.15, 0.2) is 37.7 Å². The summed E-state index contributed by atoms with van der Waals surface area (Å²) in [5.74, 6) is 0.718. The molecule has 0 radical (unpaired) electrons. The van der Waals surface area contributed by atoms with Crippen LogP contribution in [-0.2, 0) is 0 Å². The van der Waals surface area contributed by atoms with E-state index in [4.69, 9.17) is 0 Å². The van der Waals surface area contributed by atoms with Crippen LogP contribution in [0.2, 0.25) is 0 Å². The largest absolute Gasteiger partial charge is 0.375 e. The van der Waals surface area contributed by atoms with Gasteiger partial charge in [-0.1, -0.05) is 12.7 Å². The standard InChI is InChI=1S/C9H13N3O/c1-3-7(12-8(13)4-2)9-10-5-6-11-9/h3-8,12-13H,1-2H2,(H,10,11). The highest BCUT2D eigenvalue weighted by Gasteiger charge is 2.11. The molecule has 0 aromatic carbocycles. The zero-order valence-electron chi connectivity index (χ0n) is 7.27. The fourth-order valence-electron chi connectivity index (χ4n) is 0.958. The van der Waals surface area contributed by atoms with E-state index in [-0.39, 0.29) is 6.04 Å². The zero-order valence-corrected chi connectivity index (χ0v) is 7.27. The van der Waals surface area contributed by atoms with Crippen LogP contribution in [0.3, 0.4) is 0 Å². The van der Waals surface area contributed by atoms with Gasteiger partial charge in [-0.15, -0.1) is 6.58 Å². The Kier molecular flexibility index (Phi) is 3.42. The van der Waals surface area contributed by atoms with Crippen LogP contribution in [-0.4, -0.2) is 21.3 Å². The molecular weight excluding hydrogens is 166 g/mol. The second kappa shape index (κ2) is 4.59. The van der Waals surface area contributed by atoms with E-state index in [1.165, 1.54) is 6.08 Å². The molecular formula is C9H13N3O. The molecule has 0 amide bonds. The summed E-state index contributed by atoms with van der Waals surface area (Å²) in [5.41, 5.74) is 0. The Morgan fingerprint density at radius 3 is 2.77 bits per heavy atom. The summed E-state index contributed by atoms with van der Waals surface area (Å²) >= 11 is 0. The van der Waals surface area contributed by atoms with E-state index in [9.17, 15) is 5.11 Å². The van der Waals surface area contributed by atoms with E-state index < -0.39 is 6.23 Å². The van der Waals surface area contributed by atoms with Gasteiger partial charge in [0, 0.05) is 12.4 Å². The molecule has 13 heavy (non-hydrogen) atoms. The van der Waals surface area contributed by atoms with Gasteiger partial charge >= 0.3 is 0 Å². The maximum atomic E-state index is 9.24. The first kappa shape index (κ1) is 9.70. The van der Waals surface area contributed by atoms with E-state index in [2.05, 4.69) is 28.4 Å².